The number of methoxy groups -OCH3 is 1. The van der Waals surface area contributed by atoms with Crippen molar-refractivity contribution in [3.8, 4) is 16.3 Å². The van der Waals surface area contributed by atoms with Crippen LogP contribution in [0.5, 0.6) is 5.75 Å². The molecule has 1 amide bonds. The monoisotopic (exact) mass is 379 g/mol. The minimum absolute atomic E-state index is 0.198. The number of rotatable bonds is 4. The Morgan fingerprint density at radius 3 is 2.96 bits per heavy atom. The predicted octanol–water partition coefficient (Wildman–Crippen LogP) is 4.45. The number of hydrogen-bond acceptors (Lipinski definition) is 5. The Morgan fingerprint density at radius 1 is 1.26 bits per heavy atom. The summed E-state index contributed by atoms with van der Waals surface area (Å²) in [6, 6.07) is 13.8. The number of anilines is 2. The van der Waals surface area contributed by atoms with Crippen molar-refractivity contribution in [1.29, 1.82) is 0 Å². The van der Waals surface area contributed by atoms with E-state index < -0.39 is 0 Å². The fourth-order valence-corrected chi connectivity index (χ4v) is 4.21. The third kappa shape index (κ3) is 3.53. The van der Waals surface area contributed by atoms with Gasteiger partial charge in [0, 0.05) is 30.3 Å². The maximum absolute atomic E-state index is 12.6. The second-order valence-electron chi connectivity index (χ2n) is 6.56. The lowest BCUT2D eigenvalue weighted by Crippen LogP contribution is -2.24. The number of carbonyl (C=O) groups excluding carboxylic acids is 1. The fourth-order valence-electron chi connectivity index (χ4n) is 3.38. The number of ether oxygens (including phenoxy) is 1. The first-order valence-corrected chi connectivity index (χ1v) is 9.78. The standard InChI is InChI=1S/C21H21N3O2S/c1-24-11-5-6-14-12-15(9-10-18(14)24)22-20(25)17-13-27-21(23-17)16-7-3-4-8-19(16)26-2/h3-4,7-10,12-13H,5-6,11H2,1-2H3,(H,22,25). The Hall–Kier alpha value is -2.86. The molecule has 0 aliphatic carbocycles. The Labute approximate surface area is 162 Å². The number of benzene rings is 2. The molecule has 138 valence electrons. The van der Waals surface area contributed by atoms with Crippen LogP contribution in [0.3, 0.4) is 0 Å². The van der Waals surface area contributed by atoms with Gasteiger partial charge in [-0.2, -0.15) is 0 Å². The van der Waals surface area contributed by atoms with Crippen molar-refractivity contribution in [3.63, 3.8) is 0 Å². The van der Waals surface area contributed by atoms with E-state index in [4.69, 9.17) is 4.74 Å². The molecular formula is C21H21N3O2S. The molecule has 1 aliphatic rings. The van der Waals surface area contributed by atoms with Gasteiger partial charge in [-0.15, -0.1) is 11.3 Å². The van der Waals surface area contributed by atoms with Crippen LogP contribution < -0.4 is 15.0 Å². The molecule has 27 heavy (non-hydrogen) atoms. The molecule has 6 heteroatoms. The summed E-state index contributed by atoms with van der Waals surface area (Å²) >= 11 is 1.44. The molecule has 1 aliphatic heterocycles. The van der Waals surface area contributed by atoms with Crippen LogP contribution in [0.4, 0.5) is 11.4 Å². The molecule has 0 saturated carbocycles. The highest BCUT2D eigenvalue weighted by molar-refractivity contribution is 7.13. The molecule has 3 aromatic rings. The number of amides is 1. The Bertz CT molecular complexity index is 983. The van der Waals surface area contributed by atoms with E-state index in [-0.39, 0.29) is 5.91 Å². The summed E-state index contributed by atoms with van der Waals surface area (Å²) in [5.74, 6) is 0.550. The van der Waals surface area contributed by atoms with E-state index in [1.807, 2.05) is 30.3 Å². The Morgan fingerprint density at radius 2 is 2.11 bits per heavy atom. The third-order valence-electron chi connectivity index (χ3n) is 4.76. The minimum Gasteiger partial charge on any atom is -0.496 e. The number of fused-ring (bicyclic) bond motifs is 1. The molecule has 1 N–H and O–H groups in total. The van der Waals surface area contributed by atoms with Gasteiger partial charge in [-0.25, -0.2) is 4.98 Å². The molecule has 1 aromatic heterocycles. The van der Waals surface area contributed by atoms with Gasteiger partial charge < -0.3 is 15.0 Å². The van der Waals surface area contributed by atoms with Gasteiger partial charge in [0.2, 0.25) is 0 Å². The van der Waals surface area contributed by atoms with Crippen molar-refractivity contribution in [2.24, 2.45) is 0 Å². The van der Waals surface area contributed by atoms with Crippen LogP contribution in [0.15, 0.2) is 47.8 Å². The first-order valence-electron chi connectivity index (χ1n) is 8.90. The van der Waals surface area contributed by atoms with E-state index >= 15 is 0 Å². The van der Waals surface area contributed by atoms with Crippen LogP contribution in [0.2, 0.25) is 0 Å². The van der Waals surface area contributed by atoms with Crippen LogP contribution in [-0.2, 0) is 6.42 Å². The second kappa shape index (κ2) is 7.40. The Kier molecular flexibility index (Phi) is 4.81. The van der Waals surface area contributed by atoms with Crippen molar-refractivity contribution in [3.05, 3.63) is 59.1 Å². The summed E-state index contributed by atoms with van der Waals surface area (Å²) in [5, 5.41) is 5.52. The lowest BCUT2D eigenvalue weighted by molar-refractivity contribution is 0.102. The molecule has 2 aromatic carbocycles. The summed E-state index contributed by atoms with van der Waals surface area (Å²) in [7, 11) is 3.73. The zero-order chi connectivity index (χ0) is 18.8. The quantitative estimate of drug-likeness (QED) is 0.727. The maximum atomic E-state index is 12.6. The van der Waals surface area contributed by atoms with Gasteiger partial charge >= 0.3 is 0 Å². The molecule has 0 radical (unpaired) electrons. The van der Waals surface area contributed by atoms with Gasteiger partial charge in [-0.3, -0.25) is 4.79 Å². The summed E-state index contributed by atoms with van der Waals surface area (Å²) < 4.78 is 5.39. The van der Waals surface area contributed by atoms with Gasteiger partial charge in [-0.1, -0.05) is 12.1 Å². The third-order valence-corrected chi connectivity index (χ3v) is 5.64. The minimum atomic E-state index is -0.198. The second-order valence-corrected chi connectivity index (χ2v) is 7.42. The molecule has 0 fully saturated rings. The SMILES string of the molecule is COc1ccccc1-c1nc(C(=O)Nc2ccc3c(c2)CCCN3C)cs1. The number of thiazole rings is 1. The number of para-hydroxylation sites is 1. The Balaban J connectivity index is 1.54. The van der Waals surface area contributed by atoms with Crippen molar-refractivity contribution < 1.29 is 9.53 Å². The maximum Gasteiger partial charge on any atom is 0.275 e. The number of aryl methyl sites for hydroxylation is 1. The summed E-state index contributed by atoms with van der Waals surface area (Å²) in [6.07, 6.45) is 2.17. The highest BCUT2D eigenvalue weighted by Gasteiger charge is 2.17. The topological polar surface area (TPSA) is 54.5 Å². The fraction of sp³-hybridized carbons (Fsp3) is 0.238. The van der Waals surface area contributed by atoms with E-state index in [9.17, 15) is 4.79 Å². The molecule has 5 nitrogen and oxygen atoms in total. The van der Waals surface area contributed by atoms with E-state index in [2.05, 4.69) is 34.4 Å². The zero-order valence-electron chi connectivity index (χ0n) is 15.4. The van der Waals surface area contributed by atoms with Crippen molar-refractivity contribution >= 4 is 28.6 Å². The van der Waals surface area contributed by atoms with Crippen molar-refractivity contribution in [2.75, 3.05) is 30.9 Å². The van der Waals surface area contributed by atoms with E-state index in [0.717, 1.165) is 41.4 Å². The average Bonchev–Trinajstić information content (AvgIpc) is 3.18. The van der Waals surface area contributed by atoms with Crippen LogP contribution in [0.1, 0.15) is 22.5 Å². The first kappa shape index (κ1) is 17.5. The van der Waals surface area contributed by atoms with Gasteiger partial charge in [0.15, 0.2) is 0 Å². The van der Waals surface area contributed by atoms with E-state index in [0.29, 0.717) is 5.69 Å². The number of aromatic nitrogens is 1. The van der Waals surface area contributed by atoms with Gasteiger partial charge in [0.25, 0.3) is 5.91 Å². The predicted molar refractivity (Wildman–Crippen MR) is 110 cm³/mol. The van der Waals surface area contributed by atoms with Gasteiger partial charge in [0.1, 0.15) is 16.5 Å². The number of nitrogens with one attached hydrogen (secondary N) is 1. The largest absolute Gasteiger partial charge is 0.496 e. The number of hydrogen-bond donors (Lipinski definition) is 1. The van der Waals surface area contributed by atoms with Crippen LogP contribution in [0.25, 0.3) is 10.6 Å². The van der Waals surface area contributed by atoms with Gasteiger partial charge in [-0.05, 0) is 48.7 Å². The van der Waals surface area contributed by atoms with Crippen LogP contribution in [-0.4, -0.2) is 31.6 Å². The van der Waals surface area contributed by atoms with Gasteiger partial charge in [0.05, 0.1) is 12.7 Å². The lowest BCUT2D eigenvalue weighted by atomic mass is 10.0. The normalized spacial score (nSPS) is 13.2. The highest BCUT2D eigenvalue weighted by Crippen LogP contribution is 2.32. The first-order chi connectivity index (χ1) is 13.2. The molecule has 2 heterocycles. The van der Waals surface area contributed by atoms with Crippen molar-refractivity contribution in [2.45, 2.75) is 12.8 Å². The average molecular weight is 379 g/mol. The molecule has 0 atom stereocenters. The summed E-state index contributed by atoms with van der Waals surface area (Å²) in [4.78, 5) is 19.4. The lowest BCUT2D eigenvalue weighted by Gasteiger charge is -2.27. The van der Waals surface area contributed by atoms with Crippen LogP contribution >= 0.6 is 11.3 Å². The molecule has 0 saturated heterocycles. The zero-order valence-corrected chi connectivity index (χ0v) is 16.2. The summed E-state index contributed by atoms with van der Waals surface area (Å²) in [5.41, 5.74) is 4.62. The molecule has 4 rings (SSSR count). The molecule has 0 bridgehead atoms. The van der Waals surface area contributed by atoms with E-state index in [1.165, 1.54) is 22.6 Å². The smallest absolute Gasteiger partial charge is 0.275 e. The highest BCUT2D eigenvalue weighted by atomic mass is 32.1. The number of carbonyl (C=O) groups is 1. The van der Waals surface area contributed by atoms with E-state index in [1.54, 1.807) is 12.5 Å². The molecular weight excluding hydrogens is 358 g/mol. The van der Waals surface area contributed by atoms with Crippen LogP contribution in [0, 0.1) is 0 Å². The number of nitrogens with zero attached hydrogens (tertiary/aromatic N) is 2. The molecule has 0 spiro atoms. The van der Waals surface area contributed by atoms with Crippen molar-refractivity contribution in [1.82, 2.24) is 4.98 Å². The summed E-state index contributed by atoms with van der Waals surface area (Å²) in [6.45, 7) is 1.07. The molecule has 0 unspecified atom stereocenters.